The normalized spacial score (nSPS) is 19.3. The van der Waals surface area contributed by atoms with E-state index in [-0.39, 0.29) is 47.8 Å². The molecule has 7 nitrogen and oxygen atoms in total. The SMILES string of the molecule is OC[C@@H]1C[C@H](Oc2nc3nc(OCc4c(F)cccc4F)c(Cl)cc3[nH]2)CN1. The quantitative estimate of drug-likeness (QED) is 0.578. The van der Waals surface area contributed by atoms with Gasteiger partial charge in [-0.2, -0.15) is 9.97 Å². The number of aromatic nitrogens is 3. The van der Waals surface area contributed by atoms with Crippen LogP contribution >= 0.6 is 11.6 Å². The highest BCUT2D eigenvalue weighted by molar-refractivity contribution is 6.32. The van der Waals surface area contributed by atoms with E-state index in [0.717, 1.165) is 12.1 Å². The van der Waals surface area contributed by atoms with Crippen molar-refractivity contribution in [2.75, 3.05) is 13.2 Å². The van der Waals surface area contributed by atoms with Gasteiger partial charge < -0.3 is 24.9 Å². The number of aromatic amines is 1. The first-order valence-corrected chi connectivity index (χ1v) is 9.04. The van der Waals surface area contributed by atoms with Crippen LogP contribution in [0.15, 0.2) is 24.3 Å². The van der Waals surface area contributed by atoms with Crippen LogP contribution < -0.4 is 14.8 Å². The number of imidazole rings is 1. The highest BCUT2D eigenvalue weighted by atomic mass is 35.5. The Kier molecular flexibility index (Phi) is 5.29. The van der Waals surface area contributed by atoms with Gasteiger partial charge in [0.15, 0.2) is 5.65 Å². The van der Waals surface area contributed by atoms with E-state index in [4.69, 9.17) is 26.2 Å². The molecule has 3 aromatic rings. The van der Waals surface area contributed by atoms with Gasteiger partial charge in [0.1, 0.15) is 29.4 Å². The van der Waals surface area contributed by atoms with Crippen LogP contribution in [0.25, 0.3) is 11.2 Å². The number of aliphatic hydroxyl groups is 1. The van der Waals surface area contributed by atoms with Crippen LogP contribution in [0.4, 0.5) is 8.78 Å². The maximum absolute atomic E-state index is 13.7. The van der Waals surface area contributed by atoms with Gasteiger partial charge in [-0.1, -0.05) is 17.7 Å². The summed E-state index contributed by atoms with van der Waals surface area (Å²) in [6, 6.07) is 5.40. The van der Waals surface area contributed by atoms with Crippen LogP contribution in [0.5, 0.6) is 11.9 Å². The molecule has 10 heteroatoms. The first-order chi connectivity index (χ1) is 13.5. The first kappa shape index (κ1) is 18.9. The average molecular weight is 411 g/mol. The molecular weight excluding hydrogens is 394 g/mol. The summed E-state index contributed by atoms with van der Waals surface area (Å²) in [5.74, 6) is -1.41. The number of H-pyrrole nitrogens is 1. The molecule has 0 radical (unpaired) electrons. The van der Waals surface area contributed by atoms with Gasteiger partial charge in [-0.05, 0) is 18.2 Å². The number of halogens is 3. The van der Waals surface area contributed by atoms with Crippen molar-refractivity contribution >= 4 is 22.8 Å². The Labute approximate surface area is 163 Å². The van der Waals surface area contributed by atoms with Crippen LogP contribution in [-0.4, -0.2) is 45.4 Å². The number of ether oxygens (including phenoxy) is 2. The van der Waals surface area contributed by atoms with E-state index in [9.17, 15) is 8.78 Å². The Morgan fingerprint density at radius 1 is 1.25 bits per heavy atom. The molecule has 148 valence electrons. The molecule has 3 N–H and O–H groups in total. The number of rotatable bonds is 6. The Bertz CT molecular complexity index is 980. The second kappa shape index (κ2) is 7.86. The lowest BCUT2D eigenvalue weighted by Crippen LogP contribution is -2.25. The molecule has 0 bridgehead atoms. The van der Waals surface area contributed by atoms with E-state index in [1.54, 1.807) is 6.07 Å². The number of nitrogens with zero attached hydrogens (tertiary/aromatic N) is 2. The van der Waals surface area contributed by atoms with E-state index in [1.807, 2.05) is 0 Å². The van der Waals surface area contributed by atoms with E-state index in [0.29, 0.717) is 24.1 Å². The topological polar surface area (TPSA) is 92.3 Å². The van der Waals surface area contributed by atoms with Crippen molar-refractivity contribution in [2.24, 2.45) is 0 Å². The minimum absolute atomic E-state index is 0.000674. The maximum atomic E-state index is 13.7. The van der Waals surface area contributed by atoms with Gasteiger partial charge in [0.2, 0.25) is 5.88 Å². The van der Waals surface area contributed by atoms with Crippen molar-refractivity contribution in [2.45, 2.75) is 25.2 Å². The molecule has 3 heterocycles. The summed E-state index contributed by atoms with van der Waals surface area (Å²) < 4.78 is 38.6. The summed E-state index contributed by atoms with van der Waals surface area (Å²) in [4.78, 5) is 11.4. The van der Waals surface area contributed by atoms with Gasteiger partial charge >= 0.3 is 0 Å². The second-order valence-corrected chi connectivity index (χ2v) is 6.85. The summed E-state index contributed by atoms with van der Waals surface area (Å²) in [7, 11) is 0. The fraction of sp³-hybridized carbons (Fsp3) is 0.333. The van der Waals surface area contributed by atoms with E-state index < -0.39 is 11.6 Å². The third-order valence-electron chi connectivity index (χ3n) is 4.47. The van der Waals surface area contributed by atoms with Gasteiger partial charge in [-0.15, -0.1) is 0 Å². The summed E-state index contributed by atoms with van der Waals surface area (Å²) in [6.07, 6.45) is 0.525. The molecule has 2 atom stereocenters. The molecule has 1 aliphatic rings. The number of fused-ring (bicyclic) bond motifs is 1. The molecule has 0 unspecified atom stereocenters. The Balaban J connectivity index is 1.50. The zero-order chi connectivity index (χ0) is 19.7. The molecule has 1 saturated heterocycles. The Hall–Kier alpha value is -2.49. The van der Waals surface area contributed by atoms with Gasteiger partial charge in [0.05, 0.1) is 17.7 Å². The highest BCUT2D eigenvalue weighted by Crippen LogP contribution is 2.28. The van der Waals surface area contributed by atoms with Gasteiger partial charge in [0.25, 0.3) is 6.01 Å². The number of aliphatic hydroxyl groups excluding tert-OH is 1. The van der Waals surface area contributed by atoms with Gasteiger partial charge in [-0.25, -0.2) is 8.78 Å². The number of pyridine rings is 1. The van der Waals surface area contributed by atoms with Crippen molar-refractivity contribution in [1.82, 2.24) is 20.3 Å². The third kappa shape index (κ3) is 3.87. The molecule has 4 rings (SSSR count). The first-order valence-electron chi connectivity index (χ1n) is 8.66. The van der Waals surface area contributed by atoms with Crippen molar-refractivity contribution < 1.29 is 23.4 Å². The van der Waals surface area contributed by atoms with E-state index in [2.05, 4.69) is 20.3 Å². The molecule has 1 aromatic carbocycles. The van der Waals surface area contributed by atoms with Gasteiger partial charge in [-0.3, -0.25) is 0 Å². The Morgan fingerprint density at radius 2 is 2.04 bits per heavy atom. The molecule has 0 spiro atoms. The van der Waals surface area contributed by atoms with Crippen LogP contribution in [0.3, 0.4) is 0 Å². The number of nitrogens with one attached hydrogen (secondary N) is 2. The van der Waals surface area contributed by atoms with Crippen LogP contribution in [0.2, 0.25) is 5.02 Å². The standard InChI is InChI=1S/C18H17ClF2N4O3/c19-12-5-15-16(25-18(23-15)28-10-4-9(7-26)22-6-10)24-17(12)27-8-11-13(20)2-1-3-14(11)21/h1-3,5,9-10,22,26H,4,6-8H2,(H,23,24,25)/t9-,10-/m0/s1. The summed E-state index contributed by atoms with van der Waals surface area (Å²) in [5.41, 5.74) is 0.626. The zero-order valence-electron chi connectivity index (χ0n) is 14.6. The number of benzene rings is 1. The van der Waals surface area contributed by atoms with E-state index in [1.165, 1.54) is 6.07 Å². The zero-order valence-corrected chi connectivity index (χ0v) is 15.3. The highest BCUT2D eigenvalue weighted by Gasteiger charge is 2.26. The monoisotopic (exact) mass is 410 g/mol. The lowest BCUT2D eigenvalue weighted by Gasteiger charge is -2.09. The molecule has 1 aliphatic heterocycles. The number of hydrogen-bond donors (Lipinski definition) is 3. The smallest absolute Gasteiger partial charge is 0.296 e. The van der Waals surface area contributed by atoms with Crippen LogP contribution in [0.1, 0.15) is 12.0 Å². The predicted molar refractivity (Wildman–Crippen MR) is 97.5 cm³/mol. The predicted octanol–water partition coefficient (Wildman–Crippen LogP) is 2.57. The third-order valence-corrected chi connectivity index (χ3v) is 4.74. The lowest BCUT2D eigenvalue weighted by atomic mass is 10.2. The van der Waals surface area contributed by atoms with E-state index >= 15 is 0 Å². The van der Waals surface area contributed by atoms with Gasteiger partial charge in [0, 0.05) is 19.0 Å². The average Bonchev–Trinajstić information content (AvgIpc) is 3.27. The van der Waals surface area contributed by atoms with Crippen molar-refractivity contribution in [3.63, 3.8) is 0 Å². The largest absolute Gasteiger partial charge is 0.471 e. The molecular formula is C18H17ClF2N4O3. The molecule has 0 saturated carbocycles. The van der Waals surface area contributed by atoms with Crippen LogP contribution in [0, 0.1) is 11.6 Å². The fourth-order valence-electron chi connectivity index (χ4n) is 3.02. The van der Waals surface area contributed by atoms with Crippen molar-refractivity contribution in [3.05, 3.63) is 46.5 Å². The minimum atomic E-state index is -0.709. The summed E-state index contributed by atoms with van der Waals surface area (Å²) >= 11 is 6.17. The maximum Gasteiger partial charge on any atom is 0.296 e. The fourth-order valence-corrected chi connectivity index (χ4v) is 3.22. The molecule has 2 aromatic heterocycles. The van der Waals surface area contributed by atoms with Crippen molar-refractivity contribution in [3.8, 4) is 11.9 Å². The Morgan fingerprint density at radius 3 is 2.75 bits per heavy atom. The van der Waals surface area contributed by atoms with Crippen LogP contribution in [-0.2, 0) is 6.61 Å². The lowest BCUT2D eigenvalue weighted by molar-refractivity contribution is 0.194. The second-order valence-electron chi connectivity index (χ2n) is 6.44. The minimum Gasteiger partial charge on any atom is -0.471 e. The molecule has 1 fully saturated rings. The molecule has 28 heavy (non-hydrogen) atoms. The van der Waals surface area contributed by atoms with Crippen molar-refractivity contribution in [1.29, 1.82) is 0 Å². The summed E-state index contributed by atoms with van der Waals surface area (Å²) in [6.45, 7) is 0.278. The summed E-state index contributed by atoms with van der Waals surface area (Å²) in [5, 5.41) is 12.5. The molecule has 0 amide bonds. The molecule has 0 aliphatic carbocycles. The number of hydrogen-bond acceptors (Lipinski definition) is 6.